The molecule has 0 aromatic carbocycles. The minimum Gasteiger partial charge on any atom is -0.347 e. The first-order chi connectivity index (χ1) is 13.5. The Bertz CT molecular complexity index is 1040. The minimum atomic E-state index is 0.0786. The average molecular weight is 394 g/mol. The van der Waals surface area contributed by atoms with Crippen LogP contribution in [0.3, 0.4) is 0 Å². The second-order valence-electron chi connectivity index (χ2n) is 7.42. The van der Waals surface area contributed by atoms with Crippen LogP contribution in [0.1, 0.15) is 44.1 Å². The zero-order chi connectivity index (χ0) is 19.7. The average Bonchev–Trinajstić information content (AvgIpc) is 3.13. The van der Waals surface area contributed by atoms with Crippen molar-refractivity contribution in [3.05, 3.63) is 29.8 Å². The summed E-state index contributed by atoms with van der Waals surface area (Å²) in [6.45, 7) is 7.82. The van der Waals surface area contributed by atoms with Crippen molar-refractivity contribution in [2.75, 3.05) is 23.3 Å². The number of rotatable bonds is 4. The molecule has 3 aromatic heterocycles. The molecule has 0 aliphatic carbocycles. The fourth-order valence-corrected chi connectivity index (χ4v) is 4.44. The summed E-state index contributed by atoms with van der Waals surface area (Å²) in [5, 5.41) is 13.6. The first-order valence-corrected chi connectivity index (χ1v) is 10.4. The van der Waals surface area contributed by atoms with Gasteiger partial charge in [0.25, 0.3) is 0 Å². The van der Waals surface area contributed by atoms with Gasteiger partial charge in [-0.25, -0.2) is 19.9 Å². The van der Waals surface area contributed by atoms with Crippen LogP contribution in [0.2, 0.25) is 0 Å². The monoisotopic (exact) mass is 393 g/mol. The van der Waals surface area contributed by atoms with Gasteiger partial charge in [0.2, 0.25) is 0 Å². The van der Waals surface area contributed by atoms with Gasteiger partial charge in [0.05, 0.1) is 22.2 Å². The molecule has 7 nitrogen and oxygen atoms in total. The van der Waals surface area contributed by atoms with Crippen molar-refractivity contribution in [1.82, 2.24) is 19.9 Å². The molecule has 144 valence electrons. The van der Waals surface area contributed by atoms with Crippen LogP contribution in [-0.4, -0.2) is 33.0 Å². The SMILES string of the molecule is Cc1nc(Nc2nccc3nc(N4CCCC(C#N)C4)sc23)cc(C(C)C)n1. The molecule has 0 spiro atoms. The number of fused-ring (bicyclic) bond motifs is 1. The normalized spacial score (nSPS) is 17.1. The van der Waals surface area contributed by atoms with Gasteiger partial charge in [-0.1, -0.05) is 25.2 Å². The van der Waals surface area contributed by atoms with Crippen LogP contribution in [0.25, 0.3) is 10.2 Å². The molecule has 8 heteroatoms. The Kier molecular flexibility index (Phi) is 5.09. The molecular weight excluding hydrogens is 370 g/mol. The number of hydrogen-bond acceptors (Lipinski definition) is 8. The van der Waals surface area contributed by atoms with E-state index in [1.54, 1.807) is 17.5 Å². The van der Waals surface area contributed by atoms with E-state index in [9.17, 15) is 5.26 Å². The van der Waals surface area contributed by atoms with Crippen LogP contribution < -0.4 is 10.2 Å². The summed E-state index contributed by atoms with van der Waals surface area (Å²) in [5.74, 6) is 2.64. The fraction of sp³-hybridized carbons (Fsp3) is 0.450. The lowest BCUT2D eigenvalue weighted by atomic mass is 10.0. The summed E-state index contributed by atoms with van der Waals surface area (Å²) in [6.07, 6.45) is 3.76. The van der Waals surface area contributed by atoms with Gasteiger partial charge in [-0.15, -0.1) is 0 Å². The number of pyridine rings is 1. The van der Waals surface area contributed by atoms with Gasteiger partial charge in [0, 0.05) is 31.0 Å². The first-order valence-electron chi connectivity index (χ1n) is 9.56. The van der Waals surface area contributed by atoms with Gasteiger partial charge < -0.3 is 10.2 Å². The summed E-state index contributed by atoms with van der Waals surface area (Å²) < 4.78 is 0.999. The van der Waals surface area contributed by atoms with Crippen molar-refractivity contribution < 1.29 is 0 Å². The molecule has 0 saturated carbocycles. The molecule has 4 heterocycles. The Morgan fingerprint density at radius 2 is 2.18 bits per heavy atom. The Morgan fingerprint density at radius 3 is 2.96 bits per heavy atom. The maximum atomic E-state index is 9.26. The van der Waals surface area contributed by atoms with E-state index >= 15 is 0 Å². The van der Waals surface area contributed by atoms with Crippen molar-refractivity contribution in [3.8, 4) is 6.07 Å². The highest BCUT2D eigenvalue weighted by Gasteiger charge is 2.23. The molecule has 28 heavy (non-hydrogen) atoms. The molecule has 0 radical (unpaired) electrons. The van der Waals surface area contributed by atoms with Gasteiger partial charge in [-0.3, -0.25) is 0 Å². The molecule has 1 atom stereocenters. The molecule has 1 N–H and O–H groups in total. The number of piperidine rings is 1. The van der Waals surface area contributed by atoms with Crippen molar-refractivity contribution >= 4 is 38.3 Å². The van der Waals surface area contributed by atoms with Gasteiger partial charge in [-0.2, -0.15) is 5.26 Å². The molecular formula is C20H23N7S. The number of thiazole rings is 1. The second-order valence-corrected chi connectivity index (χ2v) is 8.40. The van der Waals surface area contributed by atoms with Crippen LogP contribution in [0.4, 0.5) is 16.8 Å². The van der Waals surface area contributed by atoms with Crippen molar-refractivity contribution in [1.29, 1.82) is 5.26 Å². The predicted octanol–water partition coefficient (Wildman–Crippen LogP) is 4.40. The predicted molar refractivity (Wildman–Crippen MR) is 112 cm³/mol. The topological polar surface area (TPSA) is 90.6 Å². The number of hydrogen-bond donors (Lipinski definition) is 1. The Hall–Kier alpha value is -2.79. The highest BCUT2D eigenvalue weighted by atomic mass is 32.1. The Labute approximate surface area is 168 Å². The van der Waals surface area contributed by atoms with Crippen LogP contribution in [0.15, 0.2) is 18.3 Å². The van der Waals surface area contributed by atoms with Crippen LogP contribution in [0.5, 0.6) is 0 Å². The number of aromatic nitrogens is 4. The molecule has 0 amide bonds. The summed E-state index contributed by atoms with van der Waals surface area (Å²) >= 11 is 1.61. The summed E-state index contributed by atoms with van der Waals surface area (Å²) in [5.41, 5.74) is 1.91. The third-order valence-electron chi connectivity index (χ3n) is 4.86. The van der Waals surface area contributed by atoms with Gasteiger partial charge in [-0.05, 0) is 31.7 Å². The van der Waals surface area contributed by atoms with E-state index in [-0.39, 0.29) is 5.92 Å². The zero-order valence-corrected chi connectivity index (χ0v) is 17.1. The van der Waals surface area contributed by atoms with E-state index in [4.69, 9.17) is 4.98 Å². The van der Waals surface area contributed by atoms with Crippen molar-refractivity contribution in [2.24, 2.45) is 5.92 Å². The quantitative estimate of drug-likeness (QED) is 0.702. The van der Waals surface area contributed by atoms with E-state index in [1.807, 2.05) is 19.1 Å². The number of nitrogens with zero attached hydrogens (tertiary/aromatic N) is 6. The number of aryl methyl sites for hydroxylation is 1. The van der Waals surface area contributed by atoms with Gasteiger partial charge >= 0.3 is 0 Å². The van der Waals surface area contributed by atoms with Crippen LogP contribution in [-0.2, 0) is 0 Å². The third-order valence-corrected chi connectivity index (χ3v) is 6.00. The highest BCUT2D eigenvalue weighted by Crippen LogP contribution is 2.35. The first kappa shape index (κ1) is 18.6. The molecule has 1 saturated heterocycles. The molecule has 1 aliphatic rings. The molecule has 1 fully saturated rings. The Morgan fingerprint density at radius 1 is 1.32 bits per heavy atom. The van der Waals surface area contributed by atoms with Gasteiger partial charge in [0.1, 0.15) is 11.6 Å². The van der Waals surface area contributed by atoms with E-state index in [2.05, 4.69) is 45.1 Å². The second kappa shape index (κ2) is 7.68. The maximum absolute atomic E-state index is 9.26. The minimum absolute atomic E-state index is 0.0786. The van der Waals surface area contributed by atoms with E-state index in [1.165, 1.54) is 0 Å². The molecule has 4 rings (SSSR count). The summed E-state index contributed by atoms with van der Waals surface area (Å²) in [4.78, 5) is 20.6. The third kappa shape index (κ3) is 3.76. The zero-order valence-electron chi connectivity index (χ0n) is 16.3. The van der Waals surface area contributed by atoms with Crippen molar-refractivity contribution in [2.45, 2.75) is 39.5 Å². The standard InChI is InChI=1S/C20H23N7S/c1-12(2)16-9-17(24-13(3)23-16)26-19-18-15(6-7-22-19)25-20(28-18)27-8-4-5-14(10-21)11-27/h6-7,9,12,14H,4-5,8,11H2,1-3H3,(H,22,23,24,26). The smallest absolute Gasteiger partial charge is 0.186 e. The number of anilines is 3. The van der Waals surface area contributed by atoms with Crippen LogP contribution in [0, 0.1) is 24.2 Å². The lowest BCUT2D eigenvalue weighted by Gasteiger charge is -2.28. The number of nitrogens with one attached hydrogen (secondary N) is 1. The maximum Gasteiger partial charge on any atom is 0.186 e. The summed E-state index contributed by atoms with van der Waals surface area (Å²) in [6, 6.07) is 6.30. The van der Waals surface area contributed by atoms with Gasteiger partial charge in [0.15, 0.2) is 10.9 Å². The van der Waals surface area contributed by atoms with E-state index in [0.29, 0.717) is 5.92 Å². The summed E-state index contributed by atoms with van der Waals surface area (Å²) in [7, 11) is 0. The lowest BCUT2D eigenvalue weighted by Crippen LogP contribution is -2.34. The van der Waals surface area contributed by atoms with E-state index in [0.717, 1.165) is 64.4 Å². The largest absolute Gasteiger partial charge is 0.347 e. The van der Waals surface area contributed by atoms with Crippen molar-refractivity contribution in [3.63, 3.8) is 0 Å². The molecule has 1 unspecified atom stereocenters. The number of nitriles is 1. The Balaban J connectivity index is 1.66. The van der Waals surface area contributed by atoms with E-state index < -0.39 is 0 Å². The molecule has 3 aromatic rings. The highest BCUT2D eigenvalue weighted by molar-refractivity contribution is 7.22. The van der Waals surface area contributed by atoms with Crippen LogP contribution >= 0.6 is 11.3 Å². The molecule has 0 bridgehead atoms. The fourth-order valence-electron chi connectivity index (χ4n) is 3.40. The molecule has 1 aliphatic heterocycles. The lowest BCUT2D eigenvalue weighted by molar-refractivity contribution is 0.493.